The summed E-state index contributed by atoms with van der Waals surface area (Å²) in [7, 11) is 0. The molecule has 8 heteroatoms. The second-order valence-electron chi connectivity index (χ2n) is 6.78. The van der Waals surface area contributed by atoms with Crippen LogP contribution in [0.3, 0.4) is 0 Å². The molecule has 0 unspecified atom stereocenters. The van der Waals surface area contributed by atoms with Gasteiger partial charge in [-0.1, -0.05) is 39.3 Å². The minimum absolute atomic E-state index is 0.150. The lowest BCUT2D eigenvalue weighted by Crippen LogP contribution is -2.49. The lowest BCUT2D eigenvalue weighted by atomic mass is 10.2. The van der Waals surface area contributed by atoms with Crippen LogP contribution in [0.15, 0.2) is 69.9 Å². The molecule has 2 aromatic carbocycles. The third kappa shape index (κ3) is 5.36. The van der Waals surface area contributed by atoms with E-state index in [1.165, 1.54) is 11.8 Å². The van der Waals surface area contributed by atoms with Gasteiger partial charge in [-0.15, -0.1) is 0 Å². The van der Waals surface area contributed by atoms with Crippen molar-refractivity contribution in [1.82, 2.24) is 15.0 Å². The average Bonchev–Trinajstić information content (AvgIpc) is 3.22. The number of piperazine rings is 1. The summed E-state index contributed by atoms with van der Waals surface area (Å²) in [5.41, 5.74) is 1.18. The van der Waals surface area contributed by atoms with E-state index < -0.39 is 0 Å². The Morgan fingerprint density at radius 3 is 2.55 bits per heavy atom. The van der Waals surface area contributed by atoms with Gasteiger partial charge in [0.05, 0.1) is 0 Å². The molecular formula is C21H21BrN4O3. The molecule has 0 atom stereocenters. The highest BCUT2D eigenvalue weighted by atomic mass is 79.9. The molecule has 7 nitrogen and oxygen atoms in total. The topological polar surface area (TPSA) is 70.8 Å². The third-order valence-electron chi connectivity index (χ3n) is 4.67. The fourth-order valence-corrected chi connectivity index (χ4v) is 3.59. The number of hydrogen-bond acceptors (Lipinski definition) is 5. The monoisotopic (exact) mass is 456 g/mol. The third-order valence-corrected chi connectivity index (χ3v) is 5.16. The second-order valence-corrected chi connectivity index (χ2v) is 7.70. The van der Waals surface area contributed by atoms with Crippen LogP contribution in [0, 0.1) is 0 Å². The fourth-order valence-electron chi connectivity index (χ4n) is 3.21. The number of anilines is 1. The van der Waals surface area contributed by atoms with E-state index in [1.54, 1.807) is 11.0 Å². The Kier molecular flexibility index (Phi) is 6.12. The smallest absolute Gasteiger partial charge is 0.323 e. The molecule has 1 aliphatic rings. The van der Waals surface area contributed by atoms with Crippen LogP contribution >= 0.6 is 15.9 Å². The SMILES string of the molecule is O=C(Nc1ccon1)N1CCN(Cc2cccc(Oc3cccc(Br)c3)c2)CC1. The molecule has 0 radical (unpaired) electrons. The number of rotatable bonds is 5. The van der Waals surface area contributed by atoms with Crippen LogP contribution in [-0.4, -0.2) is 47.2 Å². The first-order valence-corrected chi connectivity index (χ1v) is 10.2. The Labute approximate surface area is 177 Å². The van der Waals surface area contributed by atoms with Crippen molar-refractivity contribution in [2.45, 2.75) is 6.54 Å². The minimum atomic E-state index is -0.150. The average molecular weight is 457 g/mol. The molecule has 150 valence electrons. The highest BCUT2D eigenvalue weighted by Gasteiger charge is 2.21. The van der Waals surface area contributed by atoms with Gasteiger partial charge in [0.25, 0.3) is 0 Å². The summed E-state index contributed by atoms with van der Waals surface area (Å²) < 4.78 is 11.7. The van der Waals surface area contributed by atoms with E-state index in [0.717, 1.165) is 35.6 Å². The van der Waals surface area contributed by atoms with Crippen molar-refractivity contribution in [3.63, 3.8) is 0 Å². The van der Waals surface area contributed by atoms with Gasteiger partial charge in [-0.25, -0.2) is 4.79 Å². The molecule has 0 aliphatic carbocycles. The summed E-state index contributed by atoms with van der Waals surface area (Å²) in [6.07, 6.45) is 1.43. The van der Waals surface area contributed by atoms with Crippen molar-refractivity contribution in [3.8, 4) is 11.5 Å². The molecule has 29 heavy (non-hydrogen) atoms. The van der Waals surface area contributed by atoms with Crippen molar-refractivity contribution in [2.75, 3.05) is 31.5 Å². The molecule has 1 N–H and O–H groups in total. The Bertz CT molecular complexity index is 956. The van der Waals surface area contributed by atoms with Crippen molar-refractivity contribution >= 4 is 27.8 Å². The summed E-state index contributed by atoms with van der Waals surface area (Å²) >= 11 is 3.46. The number of carbonyl (C=O) groups excluding carboxylic acids is 1. The van der Waals surface area contributed by atoms with Crippen LogP contribution in [0.25, 0.3) is 0 Å². The standard InChI is InChI=1S/C21H21BrN4O3/c22-17-4-2-6-19(14-17)29-18-5-1-3-16(13-18)15-25-8-10-26(11-9-25)21(27)23-20-7-12-28-24-20/h1-7,12-14H,8-11,15H2,(H,23,24,27). The maximum Gasteiger partial charge on any atom is 0.323 e. The first kappa shape index (κ1) is 19.5. The predicted octanol–water partition coefficient (Wildman–Crippen LogP) is 4.58. The number of aromatic nitrogens is 1. The number of urea groups is 1. The Balaban J connectivity index is 1.29. The second kappa shape index (κ2) is 9.11. The maximum atomic E-state index is 12.3. The van der Waals surface area contributed by atoms with Crippen molar-refractivity contribution in [2.24, 2.45) is 0 Å². The number of hydrogen-bond donors (Lipinski definition) is 1. The van der Waals surface area contributed by atoms with Crippen molar-refractivity contribution in [3.05, 3.63) is 70.9 Å². The summed E-state index contributed by atoms with van der Waals surface area (Å²) in [6, 6.07) is 17.4. The van der Waals surface area contributed by atoms with Gasteiger partial charge in [0.2, 0.25) is 0 Å². The van der Waals surface area contributed by atoms with E-state index in [4.69, 9.17) is 9.26 Å². The quantitative estimate of drug-likeness (QED) is 0.608. The van der Waals surface area contributed by atoms with Gasteiger partial charge in [0.15, 0.2) is 5.82 Å². The molecule has 1 saturated heterocycles. The molecule has 1 fully saturated rings. The molecule has 0 bridgehead atoms. The van der Waals surface area contributed by atoms with Crippen LogP contribution in [0.2, 0.25) is 0 Å². The molecule has 4 rings (SSSR count). The van der Waals surface area contributed by atoms with Gasteiger partial charge >= 0.3 is 6.03 Å². The van der Waals surface area contributed by atoms with Crippen LogP contribution in [0.4, 0.5) is 10.6 Å². The molecule has 3 aromatic rings. The normalized spacial score (nSPS) is 14.6. The number of nitrogens with one attached hydrogen (secondary N) is 1. The highest BCUT2D eigenvalue weighted by Crippen LogP contribution is 2.25. The Morgan fingerprint density at radius 2 is 1.83 bits per heavy atom. The Morgan fingerprint density at radius 1 is 1.07 bits per heavy atom. The van der Waals surface area contributed by atoms with E-state index in [9.17, 15) is 4.79 Å². The van der Waals surface area contributed by atoms with E-state index >= 15 is 0 Å². The number of carbonyl (C=O) groups is 1. The molecule has 2 heterocycles. The number of nitrogens with zero attached hydrogens (tertiary/aromatic N) is 3. The molecule has 1 aliphatic heterocycles. The van der Waals surface area contributed by atoms with Crippen molar-refractivity contribution < 1.29 is 14.1 Å². The van der Waals surface area contributed by atoms with E-state index in [2.05, 4.69) is 43.4 Å². The summed E-state index contributed by atoms with van der Waals surface area (Å²) in [6.45, 7) is 3.76. The van der Waals surface area contributed by atoms with Gasteiger partial charge in [-0.05, 0) is 35.9 Å². The molecule has 2 amide bonds. The number of benzene rings is 2. The highest BCUT2D eigenvalue weighted by molar-refractivity contribution is 9.10. The predicted molar refractivity (Wildman–Crippen MR) is 113 cm³/mol. The van der Waals surface area contributed by atoms with Gasteiger partial charge in [-0.2, -0.15) is 0 Å². The molecule has 1 aromatic heterocycles. The van der Waals surface area contributed by atoms with Gasteiger partial charge < -0.3 is 14.2 Å². The summed E-state index contributed by atoms with van der Waals surface area (Å²) in [5.74, 6) is 2.04. The zero-order chi connectivity index (χ0) is 20.1. The number of ether oxygens (including phenoxy) is 1. The van der Waals surface area contributed by atoms with Gasteiger partial charge in [-0.3, -0.25) is 10.2 Å². The number of amides is 2. The molecule has 0 saturated carbocycles. The largest absolute Gasteiger partial charge is 0.457 e. The first-order valence-electron chi connectivity index (χ1n) is 9.37. The zero-order valence-electron chi connectivity index (χ0n) is 15.8. The molecule has 0 spiro atoms. The molecular weight excluding hydrogens is 436 g/mol. The van der Waals surface area contributed by atoms with Gasteiger partial charge in [0.1, 0.15) is 17.8 Å². The Hall–Kier alpha value is -2.84. The minimum Gasteiger partial charge on any atom is -0.457 e. The van der Waals surface area contributed by atoms with Crippen LogP contribution in [0.1, 0.15) is 5.56 Å². The van der Waals surface area contributed by atoms with E-state index in [0.29, 0.717) is 18.9 Å². The van der Waals surface area contributed by atoms with Crippen LogP contribution < -0.4 is 10.1 Å². The van der Waals surface area contributed by atoms with Crippen LogP contribution in [-0.2, 0) is 6.54 Å². The summed E-state index contributed by atoms with van der Waals surface area (Å²) in [5, 5.41) is 6.44. The van der Waals surface area contributed by atoms with E-state index in [-0.39, 0.29) is 6.03 Å². The van der Waals surface area contributed by atoms with E-state index in [1.807, 2.05) is 36.4 Å². The maximum absolute atomic E-state index is 12.3. The lowest BCUT2D eigenvalue weighted by molar-refractivity contribution is 0.143. The van der Waals surface area contributed by atoms with Gasteiger partial charge in [0, 0.05) is 43.3 Å². The zero-order valence-corrected chi connectivity index (χ0v) is 17.3. The lowest BCUT2D eigenvalue weighted by Gasteiger charge is -2.34. The number of halogens is 1. The summed E-state index contributed by atoms with van der Waals surface area (Å²) in [4.78, 5) is 16.4. The fraction of sp³-hybridized carbons (Fsp3) is 0.238. The van der Waals surface area contributed by atoms with Crippen LogP contribution in [0.5, 0.6) is 11.5 Å². The first-order chi connectivity index (χ1) is 14.2. The van der Waals surface area contributed by atoms with Crippen molar-refractivity contribution in [1.29, 1.82) is 0 Å².